The summed E-state index contributed by atoms with van der Waals surface area (Å²) >= 11 is 0. The molecule has 162 valence electrons. The van der Waals surface area contributed by atoms with Gasteiger partial charge in [0.1, 0.15) is 24.1 Å². The molecule has 1 saturated heterocycles. The van der Waals surface area contributed by atoms with Crippen molar-refractivity contribution in [1.82, 2.24) is 19.5 Å². The molecule has 3 rings (SSSR count). The highest BCUT2D eigenvalue weighted by atomic mass is 31.1. The Morgan fingerprint density at radius 3 is 2.69 bits per heavy atom. The summed E-state index contributed by atoms with van der Waals surface area (Å²) in [5, 5.41) is 24.2. The summed E-state index contributed by atoms with van der Waals surface area (Å²) < 4.78 is 25.7. The molecule has 1 aliphatic heterocycles. The minimum atomic E-state index is -2.23. The molecule has 2 aromatic rings. The number of aliphatic hydroxyl groups is 2. The molecule has 0 amide bonds. The highest BCUT2D eigenvalue weighted by molar-refractivity contribution is 7.40. The fourth-order valence-corrected chi connectivity index (χ4v) is 4.34. The summed E-state index contributed by atoms with van der Waals surface area (Å²) in [4.78, 5) is 12.7. The first-order valence-corrected chi connectivity index (χ1v) is 11.2. The quantitative estimate of drug-likeness (QED) is 0.541. The Labute approximate surface area is 170 Å². The number of fused-ring (bicyclic) bond motifs is 1. The van der Waals surface area contributed by atoms with Crippen LogP contribution in [-0.2, 0) is 13.8 Å². The predicted molar refractivity (Wildman–Crippen MR) is 109 cm³/mol. The zero-order valence-corrected chi connectivity index (χ0v) is 18.4. The van der Waals surface area contributed by atoms with Gasteiger partial charge in [-0.2, -0.15) is 0 Å². The van der Waals surface area contributed by atoms with Crippen molar-refractivity contribution in [2.75, 3.05) is 12.4 Å². The molecule has 1 aliphatic rings. The van der Waals surface area contributed by atoms with Gasteiger partial charge in [-0.3, -0.25) is 9.13 Å². The number of anilines is 1. The molecule has 29 heavy (non-hydrogen) atoms. The van der Waals surface area contributed by atoms with E-state index in [1.807, 2.05) is 27.7 Å². The van der Waals surface area contributed by atoms with E-state index in [0.29, 0.717) is 29.8 Å². The van der Waals surface area contributed by atoms with E-state index in [9.17, 15) is 14.8 Å². The third kappa shape index (κ3) is 4.32. The molecule has 0 aliphatic carbocycles. The van der Waals surface area contributed by atoms with Gasteiger partial charge in [0, 0.05) is 19.1 Å². The average Bonchev–Trinajstić information content (AvgIpc) is 3.24. The van der Waals surface area contributed by atoms with Crippen LogP contribution in [0.4, 0.5) is 5.82 Å². The minimum absolute atomic E-state index is 0.0722. The molecular formula is C18H30N5O5P. The van der Waals surface area contributed by atoms with Gasteiger partial charge in [0.15, 0.2) is 25.7 Å². The van der Waals surface area contributed by atoms with Crippen molar-refractivity contribution in [3.05, 3.63) is 12.7 Å². The number of imidazole rings is 1. The maximum absolute atomic E-state index is 12.3. The van der Waals surface area contributed by atoms with E-state index in [2.05, 4.69) is 20.3 Å². The second-order valence-corrected chi connectivity index (χ2v) is 9.92. The van der Waals surface area contributed by atoms with E-state index >= 15 is 0 Å². The first-order valence-electron chi connectivity index (χ1n) is 9.80. The van der Waals surface area contributed by atoms with Gasteiger partial charge < -0.3 is 24.8 Å². The van der Waals surface area contributed by atoms with Crippen LogP contribution in [0.2, 0.25) is 0 Å². The van der Waals surface area contributed by atoms with Gasteiger partial charge in [0.25, 0.3) is 0 Å². The highest BCUT2D eigenvalue weighted by Crippen LogP contribution is 2.42. The molecule has 2 aromatic heterocycles. The maximum atomic E-state index is 12.3. The number of hydrogen-bond acceptors (Lipinski definition) is 9. The van der Waals surface area contributed by atoms with Gasteiger partial charge in [-0.1, -0.05) is 20.8 Å². The summed E-state index contributed by atoms with van der Waals surface area (Å²) in [7, 11) is -0.496. The van der Waals surface area contributed by atoms with Gasteiger partial charge in [0.2, 0.25) is 0 Å². The van der Waals surface area contributed by atoms with Gasteiger partial charge in [0.05, 0.1) is 18.0 Å². The van der Waals surface area contributed by atoms with E-state index in [-0.39, 0.29) is 5.66 Å². The summed E-state index contributed by atoms with van der Waals surface area (Å²) in [5.74, 6) is 0.559. The van der Waals surface area contributed by atoms with Crippen molar-refractivity contribution in [1.29, 1.82) is 0 Å². The first kappa shape index (κ1) is 22.1. The lowest BCUT2D eigenvalue weighted by Crippen LogP contribution is -2.38. The molecule has 3 N–H and O–H groups in total. The van der Waals surface area contributed by atoms with Crippen molar-refractivity contribution >= 4 is 25.0 Å². The zero-order valence-electron chi connectivity index (χ0n) is 17.4. The molecule has 0 bridgehead atoms. The smallest absolute Gasteiger partial charge is 0.194 e. The van der Waals surface area contributed by atoms with Crippen molar-refractivity contribution < 1.29 is 24.0 Å². The molecule has 0 spiro atoms. The summed E-state index contributed by atoms with van der Waals surface area (Å²) in [6.07, 6.45) is -0.0508. The van der Waals surface area contributed by atoms with Gasteiger partial charge in [-0.05, 0) is 13.3 Å². The Bertz CT molecular complexity index is 877. The largest absolute Gasteiger partial charge is 0.388 e. The lowest BCUT2D eigenvalue weighted by atomic mass is 9.93. The molecule has 0 aromatic carbocycles. The fourth-order valence-electron chi connectivity index (χ4n) is 3.39. The van der Waals surface area contributed by atoms with Crippen LogP contribution >= 0.6 is 8.03 Å². The van der Waals surface area contributed by atoms with Gasteiger partial charge >= 0.3 is 0 Å². The van der Waals surface area contributed by atoms with Crippen LogP contribution in [0.1, 0.15) is 46.8 Å². The fraction of sp³-hybridized carbons (Fsp3) is 0.722. The second-order valence-electron chi connectivity index (χ2n) is 7.93. The molecular weight excluding hydrogens is 397 g/mol. The van der Waals surface area contributed by atoms with E-state index in [1.165, 1.54) is 12.7 Å². The van der Waals surface area contributed by atoms with Crippen LogP contribution in [0.5, 0.6) is 0 Å². The van der Waals surface area contributed by atoms with Crippen LogP contribution < -0.4 is 5.32 Å². The number of aliphatic hydroxyl groups excluding tert-OH is 2. The number of rotatable bonds is 8. The Morgan fingerprint density at radius 1 is 1.34 bits per heavy atom. The van der Waals surface area contributed by atoms with Crippen molar-refractivity contribution in [2.45, 2.75) is 76.3 Å². The van der Waals surface area contributed by atoms with Gasteiger partial charge in [-0.25, -0.2) is 15.0 Å². The second kappa shape index (κ2) is 8.65. The average molecular weight is 427 g/mol. The summed E-state index contributed by atoms with van der Waals surface area (Å²) in [5.41, 5.74) is 0.220. The van der Waals surface area contributed by atoms with E-state index < -0.39 is 38.2 Å². The first-order chi connectivity index (χ1) is 13.7. The number of aromatic nitrogens is 4. The Balaban J connectivity index is 1.83. The van der Waals surface area contributed by atoms with Crippen molar-refractivity contribution in [3.8, 4) is 0 Å². The zero-order chi connectivity index (χ0) is 21.3. The molecule has 0 saturated carbocycles. The van der Waals surface area contributed by atoms with Crippen LogP contribution in [0.3, 0.4) is 0 Å². The standard InChI is InChI=1S/C18H30N5O5P/c1-6-18(4,28-29(26)10(2)3)7-11-13(24)14(25)17(27-11)23-9-22-12-15(19-5)20-8-21-16(12)23/h8-11,13-14,17,24-25,29H,6-7H2,1-5H3,(H,19,20,21)/t11-,13?,14-,17+,18?/m1/s1. The molecule has 11 heteroatoms. The number of nitrogens with zero attached hydrogens (tertiary/aromatic N) is 4. The highest BCUT2D eigenvalue weighted by Gasteiger charge is 2.47. The lowest BCUT2D eigenvalue weighted by molar-refractivity contribution is -0.0621. The van der Waals surface area contributed by atoms with Crippen LogP contribution in [0.15, 0.2) is 12.7 Å². The Morgan fingerprint density at radius 2 is 2.07 bits per heavy atom. The van der Waals surface area contributed by atoms with E-state index in [4.69, 9.17) is 9.26 Å². The summed E-state index contributed by atoms with van der Waals surface area (Å²) in [6.45, 7) is 7.49. The summed E-state index contributed by atoms with van der Waals surface area (Å²) in [6, 6.07) is 0. The molecule has 1 fully saturated rings. The Hall–Kier alpha value is -1.58. The van der Waals surface area contributed by atoms with Crippen LogP contribution in [0.25, 0.3) is 11.2 Å². The lowest BCUT2D eigenvalue weighted by Gasteiger charge is -2.32. The third-order valence-corrected chi connectivity index (χ3v) is 7.04. The predicted octanol–water partition coefficient (Wildman–Crippen LogP) is 1.95. The van der Waals surface area contributed by atoms with E-state index in [1.54, 1.807) is 11.6 Å². The Kier molecular flexibility index (Phi) is 6.60. The van der Waals surface area contributed by atoms with Gasteiger partial charge in [-0.15, -0.1) is 0 Å². The monoisotopic (exact) mass is 427 g/mol. The minimum Gasteiger partial charge on any atom is -0.388 e. The number of hydrogen-bond donors (Lipinski definition) is 3. The van der Waals surface area contributed by atoms with Crippen molar-refractivity contribution in [3.63, 3.8) is 0 Å². The SMILES string of the molecule is CCC(C)(C[C@H]1O[C@H](n2cnc3c(NC)ncnc32)[C@H](O)C1O)O[PH](=O)C(C)C. The van der Waals surface area contributed by atoms with E-state index in [0.717, 1.165) is 0 Å². The molecule has 3 heterocycles. The number of ether oxygens (including phenoxy) is 1. The molecule has 6 atom stereocenters. The topological polar surface area (TPSA) is 132 Å². The normalized spacial score (nSPS) is 28.0. The molecule has 10 nitrogen and oxygen atoms in total. The number of nitrogens with one attached hydrogen (secondary N) is 1. The van der Waals surface area contributed by atoms with Crippen LogP contribution in [-0.4, -0.2) is 66.4 Å². The van der Waals surface area contributed by atoms with Crippen molar-refractivity contribution in [2.24, 2.45) is 0 Å². The molecule has 3 unspecified atom stereocenters. The molecule has 0 radical (unpaired) electrons. The van der Waals surface area contributed by atoms with Crippen LogP contribution in [0, 0.1) is 0 Å². The third-order valence-electron chi connectivity index (χ3n) is 5.41. The maximum Gasteiger partial charge on any atom is 0.194 e.